The zero-order chi connectivity index (χ0) is 13.7. The highest BCUT2D eigenvalue weighted by atomic mass is 32.1. The third-order valence-electron chi connectivity index (χ3n) is 3.01. The van der Waals surface area contributed by atoms with E-state index in [1.165, 1.54) is 12.0 Å². The third-order valence-corrected chi connectivity index (χ3v) is 3.37. The quantitative estimate of drug-likeness (QED) is 0.663. The number of hydroxylamine groups is 2. The smallest absolute Gasteiger partial charge is 0.243 e. The lowest BCUT2D eigenvalue weighted by molar-refractivity contribution is -0.196. The van der Waals surface area contributed by atoms with Gasteiger partial charge in [0.05, 0.1) is 19.3 Å². The summed E-state index contributed by atoms with van der Waals surface area (Å²) in [4.78, 5) is 17.1. The van der Waals surface area contributed by atoms with Crippen LogP contribution >= 0.6 is 12.6 Å². The summed E-state index contributed by atoms with van der Waals surface area (Å²) in [6.45, 7) is 2.98. The molecular formula is C14H19NO3S. The molecule has 104 valence electrons. The van der Waals surface area contributed by atoms with Crippen molar-refractivity contribution in [3.8, 4) is 0 Å². The SMILES string of the molecule is CC(=O)N(CC1CC(S)CO1)OCc1ccccc1. The Morgan fingerprint density at radius 3 is 2.79 bits per heavy atom. The van der Waals surface area contributed by atoms with Crippen molar-refractivity contribution in [3.63, 3.8) is 0 Å². The van der Waals surface area contributed by atoms with Crippen molar-refractivity contribution < 1.29 is 14.4 Å². The maximum Gasteiger partial charge on any atom is 0.243 e. The molecule has 0 saturated carbocycles. The number of amides is 1. The lowest BCUT2D eigenvalue weighted by Crippen LogP contribution is -2.35. The van der Waals surface area contributed by atoms with Gasteiger partial charge in [0.15, 0.2) is 0 Å². The number of nitrogens with zero attached hydrogens (tertiary/aromatic N) is 1. The van der Waals surface area contributed by atoms with Crippen LogP contribution in [0.5, 0.6) is 0 Å². The van der Waals surface area contributed by atoms with E-state index in [2.05, 4.69) is 12.6 Å². The summed E-state index contributed by atoms with van der Waals surface area (Å²) in [5, 5.41) is 1.64. The molecule has 1 aliphatic heterocycles. The minimum Gasteiger partial charge on any atom is -0.375 e. The number of hydrogen-bond acceptors (Lipinski definition) is 4. The van der Waals surface area contributed by atoms with Crippen LogP contribution in [-0.4, -0.2) is 35.5 Å². The standard InChI is InChI=1S/C14H19NO3S/c1-11(16)15(8-13-7-14(19)10-17-13)18-9-12-5-3-2-4-6-12/h2-6,13-14,19H,7-10H2,1H3. The molecule has 5 heteroatoms. The Labute approximate surface area is 119 Å². The van der Waals surface area contributed by atoms with E-state index in [1.54, 1.807) is 0 Å². The molecule has 4 nitrogen and oxygen atoms in total. The van der Waals surface area contributed by atoms with Crippen molar-refractivity contribution in [2.24, 2.45) is 0 Å². The molecule has 1 saturated heterocycles. The first-order chi connectivity index (χ1) is 9.15. The van der Waals surface area contributed by atoms with Crippen LogP contribution in [0.15, 0.2) is 30.3 Å². The summed E-state index contributed by atoms with van der Waals surface area (Å²) in [6.07, 6.45) is 0.865. The van der Waals surface area contributed by atoms with Crippen LogP contribution in [0.25, 0.3) is 0 Å². The molecule has 2 unspecified atom stereocenters. The van der Waals surface area contributed by atoms with Gasteiger partial charge in [-0.3, -0.25) is 9.63 Å². The Balaban J connectivity index is 1.84. The van der Waals surface area contributed by atoms with Crippen LogP contribution < -0.4 is 0 Å². The van der Waals surface area contributed by atoms with Crippen molar-refractivity contribution in [1.82, 2.24) is 5.06 Å². The summed E-state index contributed by atoms with van der Waals surface area (Å²) < 4.78 is 5.55. The van der Waals surface area contributed by atoms with Crippen LogP contribution in [0.2, 0.25) is 0 Å². The van der Waals surface area contributed by atoms with E-state index in [0.29, 0.717) is 19.8 Å². The zero-order valence-electron chi connectivity index (χ0n) is 11.0. The summed E-state index contributed by atoms with van der Waals surface area (Å²) in [7, 11) is 0. The minimum absolute atomic E-state index is 0.0159. The van der Waals surface area contributed by atoms with Gasteiger partial charge in [0.2, 0.25) is 5.91 Å². The van der Waals surface area contributed by atoms with Gasteiger partial charge >= 0.3 is 0 Å². The van der Waals surface area contributed by atoms with E-state index in [-0.39, 0.29) is 17.3 Å². The van der Waals surface area contributed by atoms with Crippen molar-refractivity contribution in [2.75, 3.05) is 13.2 Å². The number of ether oxygens (including phenoxy) is 1. The second-order valence-corrected chi connectivity index (χ2v) is 5.41. The highest BCUT2D eigenvalue weighted by molar-refractivity contribution is 7.81. The number of hydrogen-bond donors (Lipinski definition) is 1. The average molecular weight is 281 g/mol. The van der Waals surface area contributed by atoms with E-state index >= 15 is 0 Å². The Morgan fingerprint density at radius 1 is 1.47 bits per heavy atom. The van der Waals surface area contributed by atoms with E-state index in [1.807, 2.05) is 30.3 Å². The lowest BCUT2D eigenvalue weighted by Gasteiger charge is -2.23. The summed E-state index contributed by atoms with van der Waals surface area (Å²) >= 11 is 4.37. The Hall–Kier alpha value is -1.04. The molecule has 2 atom stereocenters. The van der Waals surface area contributed by atoms with Gasteiger partial charge in [-0.15, -0.1) is 0 Å². The Bertz CT molecular complexity index is 412. The molecule has 0 spiro atoms. The van der Waals surface area contributed by atoms with Crippen LogP contribution in [0.4, 0.5) is 0 Å². The van der Waals surface area contributed by atoms with Crippen LogP contribution in [-0.2, 0) is 21.0 Å². The largest absolute Gasteiger partial charge is 0.375 e. The van der Waals surface area contributed by atoms with Gasteiger partial charge in [-0.2, -0.15) is 12.6 Å². The molecule has 1 heterocycles. The van der Waals surface area contributed by atoms with Crippen LogP contribution in [0, 0.1) is 0 Å². The van der Waals surface area contributed by atoms with Crippen molar-refractivity contribution >= 4 is 18.5 Å². The maximum atomic E-state index is 11.6. The number of benzene rings is 1. The Morgan fingerprint density at radius 2 is 2.21 bits per heavy atom. The predicted octanol–water partition coefficient (Wildman–Crippen LogP) is 2.05. The molecular weight excluding hydrogens is 262 g/mol. The molecule has 1 amide bonds. The fourth-order valence-electron chi connectivity index (χ4n) is 2.00. The molecule has 19 heavy (non-hydrogen) atoms. The molecule has 0 radical (unpaired) electrons. The summed E-state index contributed by atoms with van der Waals surface area (Å²) in [5.41, 5.74) is 1.04. The molecule has 1 aromatic carbocycles. The zero-order valence-corrected chi connectivity index (χ0v) is 11.9. The van der Waals surface area contributed by atoms with Crippen molar-refractivity contribution in [2.45, 2.75) is 31.3 Å². The first-order valence-corrected chi connectivity index (χ1v) is 6.91. The van der Waals surface area contributed by atoms with Crippen LogP contribution in [0.1, 0.15) is 18.9 Å². The van der Waals surface area contributed by atoms with Crippen LogP contribution in [0.3, 0.4) is 0 Å². The summed E-state index contributed by atoms with van der Waals surface area (Å²) in [6, 6.07) is 9.78. The highest BCUT2D eigenvalue weighted by Gasteiger charge is 2.26. The average Bonchev–Trinajstić information content (AvgIpc) is 2.81. The van der Waals surface area contributed by atoms with Gasteiger partial charge in [0.25, 0.3) is 0 Å². The minimum atomic E-state index is -0.109. The molecule has 1 aliphatic rings. The number of rotatable bonds is 5. The van der Waals surface area contributed by atoms with Gasteiger partial charge < -0.3 is 4.74 Å². The molecule has 0 aliphatic carbocycles. The monoisotopic (exact) mass is 281 g/mol. The van der Waals surface area contributed by atoms with E-state index in [0.717, 1.165) is 12.0 Å². The predicted molar refractivity (Wildman–Crippen MR) is 75.7 cm³/mol. The molecule has 2 rings (SSSR count). The lowest BCUT2D eigenvalue weighted by atomic mass is 10.2. The first-order valence-electron chi connectivity index (χ1n) is 6.40. The Kier molecular flexibility index (Phi) is 5.24. The van der Waals surface area contributed by atoms with Gasteiger partial charge in [-0.1, -0.05) is 30.3 Å². The van der Waals surface area contributed by atoms with E-state index < -0.39 is 0 Å². The fourth-order valence-corrected chi connectivity index (χ4v) is 2.32. The molecule has 0 aromatic heterocycles. The first kappa shape index (κ1) is 14.4. The second-order valence-electron chi connectivity index (χ2n) is 4.68. The molecule has 1 fully saturated rings. The number of thiol groups is 1. The van der Waals surface area contributed by atoms with Crippen molar-refractivity contribution in [1.29, 1.82) is 0 Å². The molecule has 0 bridgehead atoms. The highest BCUT2D eigenvalue weighted by Crippen LogP contribution is 2.19. The van der Waals surface area contributed by atoms with Gasteiger partial charge in [0.1, 0.15) is 6.61 Å². The summed E-state index contributed by atoms with van der Waals surface area (Å²) in [5.74, 6) is -0.109. The third kappa shape index (κ3) is 4.53. The van der Waals surface area contributed by atoms with Gasteiger partial charge in [0, 0.05) is 12.2 Å². The topological polar surface area (TPSA) is 38.8 Å². The van der Waals surface area contributed by atoms with Crippen molar-refractivity contribution in [3.05, 3.63) is 35.9 Å². The van der Waals surface area contributed by atoms with Gasteiger partial charge in [-0.25, -0.2) is 5.06 Å². The number of carbonyl (C=O) groups is 1. The molecule has 0 N–H and O–H groups in total. The van der Waals surface area contributed by atoms with Gasteiger partial charge in [-0.05, 0) is 12.0 Å². The molecule has 1 aromatic rings. The second kappa shape index (κ2) is 6.93. The normalized spacial score (nSPS) is 22.4. The van der Waals surface area contributed by atoms with E-state index in [4.69, 9.17) is 9.57 Å². The maximum absolute atomic E-state index is 11.6. The number of carbonyl (C=O) groups excluding carboxylic acids is 1. The fraction of sp³-hybridized carbons (Fsp3) is 0.500. The van der Waals surface area contributed by atoms with E-state index in [9.17, 15) is 4.79 Å².